The molecule has 0 aliphatic heterocycles. The van der Waals surface area contributed by atoms with E-state index in [4.69, 9.17) is 7.16 Å². The molecule has 251 valence electrons. The fourth-order valence-electron chi connectivity index (χ4n) is 5.80. The van der Waals surface area contributed by atoms with Crippen molar-refractivity contribution in [2.24, 2.45) is 0 Å². The van der Waals surface area contributed by atoms with Crippen LogP contribution in [0.4, 0.5) is 4.39 Å². The van der Waals surface area contributed by atoms with Crippen molar-refractivity contribution in [2.45, 2.75) is 59.1 Å². The van der Waals surface area contributed by atoms with Crippen LogP contribution in [-0.2, 0) is 20.1 Å². The molecule has 0 bridgehead atoms. The van der Waals surface area contributed by atoms with Gasteiger partial charge in [0.1, 0.15) is 11.4 Å². The predicted octanol–water partition coefficient (Wildman–Crippen LogP) is 11.6. The Morgan fingerprint density at radius 2 is 1.51 bits per heavy atom. The molecule has 7 rings (SSSR count). The summed E-state index contributed by atoms with van der Waals surface area (Å²) >= 11 is 0. The molecule has 3 aromatic heterocycles. The van der Waals surface area contributed by atoms with Crippen LogP contribution in [0.1, 0.15) is 53.4 Å². The van der Waals surface area contributed by atoms with Crippen LogP contribution in [0.5, 0.6) is 0 Å². The summed E-state index contributed by atoms with van der Waals surface area (Å²) in [5.41, 5.74) is 8.74. The first-order valence-electron chi connectivity index (χ1n) is 17.2. The van der Waals surface area contributed by atoms with Gasteiger partial charge >= 0.3 is 0 Å². The summed E-state index contributed by atoms with van der Waals surface area (Å²) in [6, 6.07) is 36.5. The molecule has 0 unspecified atom stereocenters. The van der Waals surface area contributed by atoms with Crippen LogP contribution in [0.15, 0.2) is 114 Å². The molecule has 4 aromatic carbocycles. The third kappa shape index (κ3) is 7.99. The molecular formula is C43H41FIrN2OSi-2. The first-order chi connectivity index (χ1) is 23.6. The first kappa shape index (κ1) is 33.3. The van der Waals surface area contributed by atoms with E-state index in [1.54, 1.807) is 18.3 Å². The van der Waals surface area contributed by atoms with Crippen molar-refractivity contribution in [3.8, 4) is 33.6 Å². The molecule has 0 saturated heterocycles. The number of pyridine rings is 2. The number of nitrogens with zero attached hydrogens (tertiary/aromatic N) is 2. The van der Waals surface area contributed by atoms with Crippen molar-refractivity contribution in [3.63, 3.8) is 0 Å². The average molecular weight is 843 g/mol. The predicted molar refractivity (Wildman–Crippen MR) is 201 cm³/mol. The van der Waals surface area contributed by atoms with Crippen LogP contribution in [0, 0.1) is 17.9 Å². The SMILES string of the molecule is [2H]C(C)(C)c1cc(-c2[c-]cccc2)ncc1[Si](C)(C)C.[2H]C(C)(C)c1ccnc(-c2[c-]ccc3c2oc2cc(-c4ccc(F)cc4)ccc23)c1.[Ir]. The van der Waals surface area contributed by atoms with Gasteiger partial charge in [0.05, 0.1) is 13.7 Å². The zero-order chi connectivity index (χ0) is 35.8. The molecule has 0 saturated carbocycles. The summed E-state index contributed by atoms with van der Waals surface area (Å²) in [4.78, 5) is 9.12. The maximum Gasteiger partial charge on any atom is 0.123 e. The van der Waals surface area contributed by atoms with Gasteiger partial charge in [0.2, 0.25) is 0 Å². The second kappa shape index (κ2) is 15.1. The van der Waals surface area contributed by atoms with Crippen molar-refractivity contribution in [2.75, 3.05) is 0 Å². The first-order valence-corrected chi connectivity index (χ1v) is 19.7. The van der Waals surface area contributed by atoms with Gasteiger partial charge < -0.3 is 14.4 Å². The Bertz CT molecular complexity index is 2290. The molecule has 0 fully saturated rings. The summed E-state index contributed by atoms with van der Waals surface area (Å²) in [7, 11) is -1.50. The van der Waals surface area contributed by atoms with E-state index in [2.05, 4.69) is 47.8 Å². The molecule has 49 heavy (non-hydrogen) atoms. The Labute approximate surface area is 306 Å². The van der Waals surface area contributed by atoms with Crippen LogP contribution in [-0.4, -0.2) is 18.0 Å². The molecule has 7 aromatic rings. The van der Waals surface area contributed by atoms with Gasteiger partial charge in [0, 0.05) is 40.6 Å². The normalized spacial score (nSPS) is 12.5. The van der Waals surface area contributed by atoms with E-state index in [0.717, 1.165) is 66.7 Å². The summed E-state index contributed by atoms with van der Waals surface area (Å²) in [6.45, 7) is 14.5. The molecule has 0 amide bonds. The Morgan fingerprint density at radius 3 is 2.18 bits per heavy atom. The van der Waals surface area contributed by atoms with Gasteiger partial charge in [-0.25, -0.2) is 4.39 Å². The molecule has 0 aliphatic carbocycles. The summed E-state index contributed by atoms with van der Waals surface area (Å²) in [6.07, 6.45) is 3.71. The van der Waals surface area contributed by atoms with E-state index in [0.29, 0.717) is 0 Å². The number of furan rings is 1. The molecule has 3 heterocycles. The minimum atomic E-state index is -1.50. The third-order valence-corrected chi connectivity index (χ3v) is 10.5. The van der Waals surface area contributed by atoms with E-state index in [1.807, 2.05) is 101 Å². The summed E-state index contributed by atoms with van der Waals surface area (Å²) in [5.74, 6) is -1.58. The fraction of sp³-hybridized carbons (Fsp3) is 0.209. The fourth-order valence-corrected chi connectivity index (χ4v) is 7.38. The van der Waals surface area contributed by atoms with Gasteiger partial charge in [0.25, 0.3) is 0 Å². The minimum Gasteiger partial charge on any atom is -0.501 e. The zero-order valence-electron chi connectivity index (χ0n) is 30.9. The topological polar surface area (TPSA) is 38.9 Å². The average Bonchev–Trinajstić information content (AvgIpc) is 3.46. The van der Waals surface area contributed by atoms with Gasteiger partial charge in [0.15, 0.2) is 0 Å². The van der Waals surface area contributed by atoms with Gasteiger partial charge in [-0.05, 0) is 63.8 Å². The van der Waals surface area contributed by atoms with Gasteiger partial charge in [-0.3, -0.25) is 0 Å². The monoisotopic (exact) mass is 843 g/mol. The van der Waals surface area contributed by atoms with E-state index in [-0.39, 0.29) is 25.9 Å². The van der Waals surface area contributed by atoms with Crippen LogP contribution in [0.2, 0.25) is 19.6 Å². The quantitative estimate of drug-likeness (QED) is 0.124. The molecule has 0 atom stereocenters. The number of aromatic nitrogens is 2. The minimum absolute atomic E-state index is 0. The summed E-state index contributed by atoms with van der Waals surface area (Å²) < 4.78 is 36.3. The van der Waals surface area contributed by atoms with E-state index >= 15 is 0 Å². The van der Waals surface area contributed by atoms with Crippen molar-refractivity contribution in [1.29, 1.82) is 0 Å². The van der Waals surface area contributed by atoms with Crippen LogP contribution < -0.4 is 5.19 Å². The number of hydrogen-bond donors (Lipinski definition) is 0. The van der Waals surface area contributed by atoms with Crippen LogP contribution >= 0.6 is 0 Å². The number of rotatable bonds is 6. The second-order valence-corrected chi connectivity index (χ2v) is 18.5. The van der Waals surface area contributed by atoms with Crippen molar-refractivity contribution < 1.29 is 31.7 Å². The molecule has 0 spiro atoms. The maximum absolute atomic E-state index is 13.3. The van der Waals surface area contributed by atoms with Gasteiger partial charge in [-0.15, -0.1) is 54.1 Å². The van der Waals surface area contributed by atoms with E-state index < -0.39 is 19.9 Å². The molecule has 0 N–H and O–H groups in total. The smallest absolute Gasteiger partial charge is 0.123 e. The zero-order valence-corrected chi connectivity index (χ0v) is 32.3. The Kier molecular flexibility index (Phi) is 10.3. The molecule has 3 nitrogen and oxygen atoms in total. The van der Waals surface area contributed by atoms with Crippen molar-refractivity contribution in [3.05, 3.63) is 139 Å². The number of halogens is 1. The Morgan fingerprint density at radius 1 is 0.755 bits per heavy atom. The van der Waals surface area contributed by atoms with E-state index in [9.17, 15) is 4.39 Å². The van der Waals surface area contributed by atoms with Crippen molar-refractivity contribution in [1.82, 2.24) is 9.97 Å². The van der Waals surface area contributed by atoms with Gasteiger partial charge in [-0.1, -0.05) is 106 Å². The summed E-state index contributed by atoms with van der Waals surface area (Å²) in [5, 5.41) is 3.27. The van der Waals surface area contributed by atoms with Crippen LogP contribution in [0.3, 0.4) is 0 Å². The second-order valence-electron chi connectivity index (χ2n) is 13.5. The van der Waals surface area contributed by atoms with Crippen LogP contribution in [0.25, 0.3) is 55.6 Å². The Hall–Kier alpha value is -4.22. The van der Waals surface area contributed by atoms with Crippen molar-refractivity contribution >= 4 is 35.2 Å². The number of fused-ring (bicyclic) bond motifs is 3. The number of hydrogen-bond acceptors (Lipinski definition) is 3. The van der Waals surface area contributed by atoms with E-state index in [1.165, 1.54) is 17.3 Å². The third-order valence-electron chi connectivity index (χ3n) is 8.44. The molecular weight excluding hydrogens is 800 g/mol. The largest absolute Gasteiger partial charge is 0.501 e. The van der Waals surface area contributed by atoms with Gasteiger partial charge in [-0.2, -0.15) is 0 Å². The maximum atomic E-state index is 13.3. The number of benzene rings is 4. The molecule has 0 aliphatic rings. The molecule has 1 radical (unpaired) electrons. The Balaban J connectivity index is 0.000000211. The standard InChI is InChI=1S/C26H19FNO.C17H22NSi.Ir/c1-16(2)18-12-13-28-24(14-18)23-5-3-4-22-21-11-8-19(15-25(21)29-26(22)23)17-6-9-20(27)10-7-17;1-13(2)15-11-16(14-9-7-6-8-10-14)18-12-17(15)19(3,4)5;/h3-4,6-16H,1-2H3;6-9,11-13H,1-5H3;/q2*-1;/i16D;13D;. The molecule has 6 heteroatoms.